The van der Waals surface area contributed by atoms with Gasteiger partial charge in [-0.2, -0.15) is 0 Å². The van der Waals surface area contributed by atoms with E-state index in [1.54, 1.807) is 35.4 Å². The summed E-state index contributed by atoms with van der Waals surface area (Å²) in [5.74, 6) is -0.121. The molecule has 0 saturated carbocycles. The van der Waals surface area contributed by atoms with E-state index in [9.17, 15) is 14.4 Å². The van der Waals surface area contributed by atoms with Crippen LogP contribution < -0.4 is 16.0 Å². The molecule has 0 spiro atoms. The smallest absolute Gasteiger partial charge is 0.319 e. The molecule has 1 saturated heterocycles. The highest BCUT2D eigenvalue weighted by Gasteiger charge is 2.22. The van der Waals surface area contributed by atoms with Crippen LogP contribution in [0.25, 0.3) is 0 Å². The van der Waals surface area contributed by atoms with Crippen molar-refractivity contribution in [3.05, 3.63) is 59.9 Å². The molecule has 2 aromatic rings. The van der Waals surface area contributed by atoms with Crippen LogP contribution in [0.1, 0.15) is 35.8 Å². The van der Waals surface area contributed by atoms with Crippen LogP contribution in [-0.4, -0.2) is 46.9 Å². The van der Waals surface area contributed by atoms with Gasteiger partial charge in [0.1, 0.15) is 0 Å². The van der Waals surface area contributed by atoms with E-state index >= 15 is 0 Å². The molecule has 4 amide bonds. The van der Waals surface area contributed by atoms with Crippen molar-refractivity contribution in [2.45, 2.75) is 32.4 Å². The number of likely N-dealkylation sites (tertiary alicyclic amines) is 1. The van der Waals surface area contributed by atoms with Crippen LogP contribution in [0.15, 0.2) is 48.7 Å². The van der Waals surface area contributed by atoms with E-state index in [0.717, 1.165) is 18.7 Å². The lowest BCUT2D eigenvalue weighted by Crippen LogP contribution is -2.44. The number of nitrogens with one attached hydrogen (secondary N) is 3. The topological polar surface area (TPSA) is 103 Å². The summed E-state index contributed by atoms with van der Waals surface area (Å²) in [4.78, 5) is 42.2. The molecule has 1 aliphatic rings. The molecule has 1 atom stereocenters. The third kappa shape index (κ3) is 6.03. The summed E-state index contributed by atoms with van der Waals surface area (Å²) in [5, 5.41) is 8.36. The van der Waals surface area contributed by atoms with Crippen molar-refractivity contribution >= 4 is 23.5 Å². The number of nitrogens with zero attached hydrogens (tertiary/aromatic N) is 2. The number of pyridine rings is 1. The third-order valence-corrected chi connectivity index (χ3v) is 4.58. The molecular weight excluding hydrogens is 370 g/mol. The molecule has 0 bridgehead atoms. The van der Waals surface area contributed by atoms with Crippen LogP contribution in [0.3, 0.4) is 0 Å². The normalized spacial score (nSPS) is 14.4. The quantitative estimate of drug-likeness (QED) is 0.668. The van der Waals surface area contributed by atoms with Gasteiger partial charge in [-0.25, -0.2) is 4.79 Å². The molecule has 3 N–H and O–H groups in total. The van der Waals surface area contributed by atoms with Crippen molar-refractivity contribution in [2.24, 2.45) is 0 Å². The number of urea groups is 1. The highest BCUT2D eigenvalue weighted by Crippen LogP contribution is 2.12. The van der Waals surface area contributed by atoms with Crippen molar-refractivity contribution in [1.29, 1.82) is 0 Å². The van der Waals surface area contributed by atoms with Crippen molar-refractivity contribution in [1.82, 2.24) is 20.5 Å². The first-order valence-corrected chi connectivity index (χ1v) is 9.65. The Hall–Kier alpha value is -3.42. The van der Waals surface area contributed by atoms with Gasteiger partial charge in [0, 0.05) is 43.0 Å². The Morgan fingerprint density at radius 2 is 2.07 bits per heavy atom. The summed E-state index contributed by atoms with van der Waals surface area (Å²) in [7, 11) is 0. The molecule has 8 heteroatoms. The Morgan fingerprint density at radius 1 is 1.21 bits per heavy atom. The summed E-state index contributed by atoms with van der Waals surface area (Å²) in [6.45, 7) is 3.40. The van der Waals surface area contributed by atoms with Gasteiger partial charge in [-0.05, 0) is 43.7 Å². The molecule has 1 fully saturated rings. The summed E-state index contributed by atoms with van der Waals surface area (Å²) in [6, 6.07) is 11.7. The number of rotatable bonds is 7. The minimum atomic E-state index is -0.379. The van der Waals surface area contributed by atoms with Gasteiger partial charge in [-0.15, -0.1) is 0 Å². The van der Waals surface area contributed by atoms with Gasteiger partial charge in [0.15, 0.2) is 0 Å². The molecule has 3 rings (SSSR count). The minimum Gasteiger partial charge on any atom is -0.346 e. The number of hydrogen-bond acceptors (Lipinski definition) is 4. The molecule has 1 aliphatic heterocycles. The number of carbonyl (C=O) groups excluding carboxylic acids is 3. The monoisotopic (exact) mass is 395 g/mol. The van der Waals surface area contributed by atoms with E-state index in [4.69, 9.17) is 0 Å². The van der Waals surface area contributed by atoms with Crippen molar-refractivity contribution in [3.8, 4) is 0 Å². The lowest BCUT2D eigenvalue weighted by molar-refractivity contribution is -0.127. The Balaban J connectivity index is 1.50. The van der Waals surface area contributed by atoms with Gasteiger partial charge >= 0.3 is 6.03 Å². The van der Waals surface area contributed by atoms with Crippen molar-refractivity contribution in [3.63, 3.8) is 0 Å². The fourth-order valence-electron chi connectivity index (χ4n) is 3.18. The van der Waals surface area contributed by atoms with E-state index in [1.165, 1.54) is 0 Å². The maximum Gasteiger partial charge on any atom is 0.319 e. The number of aromatic nitrogens is 1. The Labute approximate surface area is 169 Å². The fourth-order valence-corrected chi connectivity index (χ4v) is 3.18. The Morgan fingerprint density at radius 3 is 2.79 bits per heavy atom. The van der Waals surface area contributed by atoms with Crippen LogP contribution in [0.5, 0.6) is 0 Å². The summed E-state index contributed by atoms with van der Waals surface area (Å²) in [5.41, 5.74) is 1.71. The van der Waals surface area contributed by atoms with Gasteiger partial charge in [0.2, 0.25) is 5.91 Å². The number of hydrogen-bond donors (Lipinski definition) is 3. The van der Waals surface area contributed by atoms with Gasteiger partial charge in [-0.3, -0.25) is 14.6 Å². The molecule has 29 heavy (non-hydrogen) atoms. The van der Waals surface area contributed by atoms with Gasteiger partial charge in [-0.1, -0.05) is 12.1 Å². The summed E-state index contributed by atoms with van der Waals surface area (Å²) < 4.78 is 0. The zero-order valence-corrected chi connectivity index (χ0v) is 16.4. The molecule has 0 aliphatic carbocycles. The van der Waals surface area contributed by atoms with E-state index < -0.39 is 0 Å². The second-order valence-corrected chi connectivity index (χ2v) is 7.03. The zero-order chi connectivity index (χ0) is 20.6. The average Bonchev–Trinajstić information content (AvgIpc) is 3.11. The number of benzene rings is 1. The first-order valence-electron chi connectivity index (χ1n) is 9.65. The molecule has 152 valence electrons. The number of carbonyl (C=O) groups is 3. The number of anilines is 1. The second-order valence-electron chi connectivity index (χ2n) is 7.03. The van der Waals surface area contributed by atoms with Crippen LogP contribution >= 0.6 is 0 Å². The van der Waals surface area contributed by atoms with Gasteiger partial charge in [0.05, 0.1) is 12.2 Å². The molecule has 1 unspecified atom stereocenters. The lowest BCUT2D eigenvalue weighted by Gasteiger charge is -2.21. The fraction of sp³-hybridized carbons (Fsp3) is 0.333. The predicted molar refractivity (Wildman–Crippen MR) is 109 cm³/mol. The highest BCUT2D eigenvalue weighted by atomic mass is 16.2. The van der Waals surface area contributed by atoms with E-state index in [1.807, 2.05) is 25.1 Å². The van der Waals surface area contributed by atoms with E-state index in [2.05, 4.69) is 20.9 Å². The predicted octanol–water partition coefficient (Wildman–Crippen LogP) is 2.14. The maximum atomic E-state index is 12.4. The lowest BCUT2D eigenvalue weighted by atomic mass is 10.2. The van der Waals surface area contributed by atoms with E-state index in [-0.39, 0.29) is 23.9 Å². The first kappa shape index (κ1) is 20.3. The van der Waals surface area contributed by atoms with Gasteiger partial charge in [0.25, 0.3) is 5.91 Å². The van der Waals surface area contributed by atoms with Crippen molar-refractivity contribution in [2.75, 3.05) is 18.4 Å². The third-order valence-electron chi connectivity index (χ3n) is 4.58. The zero-order valence-electron chi connectivity index (χ0n) is 16.4. The SMILES string of the molecule is CC(CN1CCCC1=O)NC(=O)Nc1cccc(C(=O)NCc2ccccn2)c1. The van der Waals surface area contributed by atoms with E-state index in [0.29, 0.717) is 30.8 Å². The average molecular weight is 395 g/mol. The van der Waals surface area contributed by atoms with Crippen LogP contribution in [0.2, 0.25) is 0 Å². The van der Waals surface area contributed by atoms with Crippen LogP contribution in [0.4, 0.5) is 10.5 Å². The first-order chi connectivity index (χ1) is 14.0. The largest absolute Gasteiger partial charge is 0.346 e. The molecule has 0 radical (unpaired) electrons. The Bertz CT molecular complexity index is 872. The number of amides is 4. The Kier molecular flexibility index (Phi) is 6.78. The van der Waals surface area contributed by atoms with Gasteiger partial charge < -0.3 is 20.9 Å². The maximum absolute atomic E-state index is 12.4. The van der Waals surface area contributed by atoms with Crippen LogP contribution in [-0.2, 0) is 11.3 Å². The highest BCUT2D eigenvalue weighted by molar-refractivity contribution is 5.96. The minimum absolute atomic E-state index is 0.128. The molecule has 1 aromatic heterocycles. The summed E-state index contributed by atoms with van der Waals surface area (Å²) >= 11 is 0. The molecule has 2 heterocycles. The van der Waals surface area contributed by atoms with Crippen LogP contribution in [0, 0.1) is 0 Å². The van der Waals surface area contributed by atoms with Crippen molar-refractivity contribution < 1.29 is 14.4 Å². The summed E-state index contributed by atoms with van der Waals surface area (Å²) in [6.07, 6.45) is 3.12. The standard InChI is InChI=1S/C21H25N5O3/c1-15(14-26-11-5-9-19(26)27)24-21(29)25-17-8-4-6-16(12-17)20(28)23-13-18-7-2-3-10-22-18/h2-4,6-8,10,12,15H,5,9,11,13-14H2,1H3,(H,23,28)(H2,24,25,29). The molecular formula is C21H25N5O3. The molecule has 8 nitrogen and oxygen atoms in total. The molecule has 1 aromatic carbocycles. The second kappa shape index (κ2) is 9.68.